The van der Waals surface area contributed by atoms with Gasteiger partial charge < -0.3 is 9.80 Å². The van der Waals surface area contributed by atoms with Crippen LogP contribution in [0.5, 0.6) is 0 Å². The van der Waals surface area contributed by atoms with Gasteiger partial charge in [-0.05, 0) is 92.6 Å². The zero-order valence-corrected chi connectivity index (χ0v) is 18.6. The van der Waals surface area contributed by atoms with Crippen LogP contribution in [0.1, 0.15) is 63.1 Å². The molecule has 0 aliphatic carbocycles. The van der Waals surface area contributed by atoms with Crippen LogP contribution in [0.25, 0.3) is 0 Å². The Morgan fingerprint density at radius 2 is 1.86 bits per heavy atom. The summed E-state index contributed by atoms with van der Waals surface area (Å²) in [6.07, 6.45) is 4.38. The molecule has 1 aliphatic rings. The third-order valence-corrected chi connectivity index (χ3v) is 5.94. The third-order valence-electron chi connectivity index (χ3n) is 5.94. The predicted molar refractivity (Wildman–Crippen MR) is 124 cm³/mol. The van der Waals surface area contributed by atoms with Gasteiger partial charge in [-0.1, -0.05) is 13.8 Å². The van der Waals surface area contributed by atoms with E-state index in [-0.39, 0.29) is 5.54 Å². The Kier molecular flexibility index (Phi) is 5.83. The fourth-order valence-corrected chi connectivity index (χ4v) is 4.42. The Balaban J connectivity index is 1.93. The van der Waals surface area contributed by atoms with Crippen LogP contribution in [-0.2, 0) is 0 Å². The van der Waals surface area contributed by atoms with Crippen molar-refractivity contribution in [3.05, 3.63) is 53.1 Å². The van der Waals surface area contributed by atoms with Crippen molar-refractivity contribution in [1.82, 2.24) is 0 Å². The number of hydrogen-bond donors (Lipinski definition) is 0. The Morgan fingerprint density at radius 1 is 1.18 bits per heavy atom. The van der Waals surface area contributed by atoms with Gasteiger partial charge in [0.1, 0.15) is 0 Å². The highest BCUT2D eigenvalue weighted by molar-refractivity contribution is 5.86. The average Bonchev–Trinajstić information content (AvgIpc) is 2.63. The van der Waals surface area contributed by atoms with Crippen molar-refractivity contribution in [3.63, 3.8) is 0 Å². The van der Waals surface area contributed by atoms with E-state index >= 15 is 0 Å². The molecule has 0 spiro atoms. The minimum absolute atomic E-state index is 0.207. The minimum Gasteiger partial charge on any atom is -0.378 e. The summed E-state index contributed by atoms with van der Waals surface area (Å²) in [7, 11) is 4.11. The first kappa shape index (κ1) is 20.4. The van der Waals surface area contributed by atoms with E-state index < -0.39 is 0 Å². The SMILES string of the molecule is CCCN1c2cc(C)c(C=Nc3ccc(N(C)C)cc3)cc2C(C)CC1(C)C. The van der Waals surface area contributed by atoms with Crippen LogP contribution in [-0.4, -0.2) is 32.4 Å². The highest BCUT2D eigenvalue weighted by Gasteiger charge is 2.36. The first-order valence-corrected chi connectivity index (χ1v) is 10.5. The molecule has 28 heavy (non-hydrogen) atoms. The first-order valence-electron chi connectivity index (χ1n) is 10.5. The fourth-order valence-electron chi connectivity index (χ4n) is 4.42. The molecule has 1 unspecified atom stereocenters. The van der Waals surface area contributed by atoms with Crippen molar-refractivity contribution < 1.29 is 0 Å². The number of rotatable bonds is 5. The van der Waals surface area contributed by atoms with E-state index in [4.69, 9.17) is 4.99 Å². The summed E-state index contributed by atoms with van der Waals surface area (Å²) in [5.41, 5.74) is 7.77. The molecular formula is C25H35N3. The zero-order valence-electron chi connectivity index (χ0n) is 18.6. The third kappa shape index (κ3) is 4.09. The molecule has 0 N–H and O–H groups in total. The number of benzene rings is 2. The predicted octanol–water partition coefficient (Wildman–Crippen LogP) is 6.31. The van der Waals surface area contributed by atoms with Crippen molar-refractivity contribution in [2.24, 2.45) is 4.99 Å². The second kappa shape index (κ2) is 7.98. The van der Waals surface area contributed by atoms with Gasteiger partial charge in [-0.3, -0.25) is 4.99 Å². The number of aryl methyl sites for hydroxylation is 1. The van der Waals surface area contributed by atoms with E-state index in [9.17, 15) is 0 Å². The van der Waals surface area contributed by atoms with Gasteiger partial charge in [-0.25, -0.2) is 0 Å². The van der Waals surface area contributed by atoms with Crippen molar-refractivity contribution in [3.8, 4) is 0 Å². The Bertz CT molecular complexity index is 847. The second-order valence-corrected chi connectivity index (χ2v) is 9.01. The van der Waals surface area contributed by atoms with Crippen LogP contribution in [0, 0.1) is 6.92 Å². The highest BCUT2D eigenvalue weighted by Crippen LogP contribution is 2.44. The van der Waals surface area contributed by atoms with Crippen LogP contribution >= 0.6 is 0 Å². The molecule has 2 aromatic carbocycles. The molecular weight excluding hydrogens is 342 g/mol. The molecule has 150 valence electrons. The van der Waals surface area contributed by atoms with Gasteiger partial charge in [-0.15, -0.1) is 0 Å². The summed E-state index contributed by atoms with van der Waals surface area (Å²) in [6.45, 7) is 12.7. The van der Waals surface area contributed by atoms with Gasteiger partial charge in [0.2, 0.25) is 0 Å². The number of hydrogen-bond acceptors (Lipinski definition) is 3. The molecule has 3 nitrogen and oxygen atoms in total. The monoisotopic (exact) mass is 377 g/mol. The lowest BCUT2D eigenvalue weighted by Crippen LogP contribution is -2.48. The molecule has 0 aromatic heterocycles. The molecule has 1 aliphatic heterocycles. The van der Waals surface area contributed by atoms with Crippen LogP contribution < -0.4 is 9.80 Å². The normalized spacial score (nSPS) is 18.4. The number of anilines is 2. The summed E-state index contributed by atoms with van der Waals surface area (Å²) in [5.74, 6) is 0.560. The quantitative estimate of drug-likeness (QED) is 0.568. The highest BCUT2D eigenvalue weighted by atomic mass is 15.2. The molecule has 3 rings (SSSR count). The maximum absolute atomic E-state index is 4.74. The summed E-state index contributed by atoms with van der Waals surface area (Å²) in [6, 6.07) is 13.1. The number of fused-ring (bicyclic) bond motifs is 1. The maximum atomic E-state index is 4.74. The Hall–Kier alpha value is -2.29. The van der Waals surface area contributed by atoms with Crippen molar-refractivity contribution in [2.75, 3.05) is 30.4 Å². The topological polar surface area (TPSA) is 18.8 Å². The van der Waals surface area contributed by atoms with E-state index in [0.29, 0.717) is 5.92 Å². The smallest absolute Gasteiger partial charge is 0.0631 e. The van der Waals surface area contributed by atoms with Crippen molar-refractivity contribution in [1.29, 1.82) is 0 Å². The molecule has 0 saturated carbocycles. The van der Waals surface area contributed by atoms with Crippen LogP contribution in [0.4, 0.5) is 17.1 Å². The first-order chi connectivity index (χ1) is 13.2. The van der Waals surface area contributed by atoms with E-state index in [0.717, 1.165) is 12.2 Å². The molecule has 0 saturated heterocycles. The Morgan fingerprint density at radius 3 is 2.46 bits per heavy atom. The maximum Gasteiger partial charge on any atom is 0.0631 e. The summed E-state index contributed by atoms with van der Waals surface area (Å²) in [5, 5.41) is 0. The summed E-state index contributed by atoms with van der Waals surface area (Å²) < 4.78 is 0. The second-order valence-electron chi connectivity index (χ2n) is 9.01. The van der Waals surface area contributed by atoms with Gasteiger partial charge in [-0.2, -0.15) is 0 Å². The number of aliphatic imine (C=N–C) groups is 1. The fraction of sp³-hybridized carbons (Fsp3) is 0.480. The van der Waals surface area contributed by atoms with E-state index in [1.165, 1.54) is 40.9 Å². The van der Waals surface area contributed by atoms with E-state index in [1.807, 2.05) is 6.21 Å². The molecule has 0 bridgehead atoms. The van der Waals surface area contributed by atoms with Crippen molar-refractivity contribution in [2.45, 2.75) is 58.9 Å². The lowest BCUT2D eigenvalue weighted by atomic mass is 9.79. The van der Waals surface area contributed by atoms with Gasteiger partial charge in [0.05, 0.1) is 5.69 Å². The molecule has 1 heterocycles. The molecule has 0 amide bonds. The van der Waals surface area contributed by atoms with Crippen LogP contribution in [0.3, 0.4) is 0 Å². The van der Waals surface area contributed by atoms with Crippen LogP contribution in [0.15, 0.2) is 41.4 Å². The standard InChI is InChI=1S/C25H35N3/c1-8-13-28-24-14-18(2)20(15-23(24)19(3)16-25(28,4)5)17-26-21-9-11-22(12-10-21)27(6)7/h9-12,14-15,17,19H,8,13,16H2,1-7H3. The number of nitrogens with zero attached hydrogens (tertiary/aromatic N) is 3. The summed E-state index contributed by atoms with van der Waals surface area (Å²) >= 11 is 0. The van der Waals surface area contributed by atoms with Gasteiger partial charge in [0.15, 0.2) is 0 Å². The van der Waals surface area contributed by atoms with E-state index in [1.54, 1.807) is 0 Å². The van der Waals surface area contributed by atoms with Crippen molar-refractivity contribution >= 4 is 23.3 Å². The molecule has 1 atom stereocenters. The summed E-state index contributed by atoms with van der Waals surface area (Å²) in [4.78, 5) is 9.45. The zero-order chi connectivity index (χ0) is 20.5. The molecule has 0 radical (unpaired) electrons. The minimum atomic E-state index is 0.207. The Labute approximate surface area is 171 Å². The van der Waals surface area contributed by atoms with Gasteiger partial charge in [0, 0.05) is 43.8 Å². The molecule has 3 heteroatoms. The largest absolute Gasteiger partial charge is 0.378 e. The lowest BCUT2D eigenvalue weighted by Gasteiger charge is -2.48. The van der Waals surface area contributed by atoms with Gasteiger partial charge >= 0.3 is 0 Å². The average molecular weight is 378 g/mol. The lowest BCUT2D eigenvalue weighted by molar-refractivity contribution is 0.376. The van der Waals surface area contributed by atoms with E-state index in [2.05, 4.69) is 94.9 Å². The molecule has 0 fully saturated rings. The van der Waals surface area contributed by atoms with Crippen LogP contribution in [0.2, 0.25) is 0 Å². The molecule has 2 aromatic rings. The van der Waals surface area contributed by atoms with Gasteiger partial charge in [0.25, 0.3) is 0 Å².